The van der Waals surface area contributed by atoms with Gasteiger partial charge in [-0.05, 0) is 113 Å². The van der Waals surface area contributed by atoms with Crippen LogP contribution in [0.4, 0.5) is 34.1 Å². The largest absolute Gasteiger partial charge is 0.456 e. The Hall–Kier alpha value is -8.18. The van der Waals surface area contributed by atoms with Crippen LogP contribution in [0.25, 0.3) is 75.5 Å². The second-order valence-electron chi connectivity index (χ2n) is 16.1. The SMILES string of the molecule is c1ccc(-c2cc(-c3ccccc3)cc(N(c3ccccc3)c3ccc(-c4ccc5oc6ccccc6c5c4)c(N(c4ccccc4)c4cccc5c4sc4ccccc45)c3)c2)cc1. The van der Waals surface area contributed by atoms with Crippen molar-refractivity contribution in [3.05, 3.63) is 243 Å². The normalized spacial score (nSPS) is 11.4. The average molecular weight is 837 g/mol. The minimum absolute atomic E-state index is 0.876. The van der Waals surface area contributed by atoms with E-state index in [0.29, 0.717) is 0 Å². The molecule has 0 unspecified atom stereocenters. The fourth-order valence-electron chi connectivity index (χ4n) is 9.23. The molecular weight excluding hydrogens is 797 g/mol. The van der Waals surface area contributed by atoms with E-state index in [-0.39, 0.29) is 0 Å². The van der Waals surface area contributed by atoms with Gasteiger partial charge in [0.25, 0.3) is 0 Å². The van der Waals surface area contributed by atoms with E-state index in [4.69, 9.17) is 4.42 Å². The highest BCUT2D eigenvalue weighted by Gasteiger charge is 2.24. The second-order valence-corrected chi connectivity index (χ2v) is 17.2. The van der Waals surface area contributed by atoms with Gasteiger partial charge < -0.3 is 14.2 Å². The highest BCUT2D eigenvalue weighted by Crippen LogP contribution is 2.50. The van der Waals surface area contributed by atoms with Crippen LogP contribution in [0.3, 0.4) is 0 Å². The van der Waals surface area contributed by atoms with Crippen molar-refractivity contribution in [2.24, 2.45) is 0 Å². The van der Waals surface area contributed by atoms with Gasteiger partial charge in [0, 0.05) is 54.6 Å². The third kappa shape index (κ3) is 6.69. The Kier molecular flexibility index (Phi) is 9.36. The Balaban J connectivity index is 1.15. The van der Waals surface area contributed by atoms with E-state index in [1.54, 1.807) is 0 Å². The topological polar surface area (TPSA) is 19.6 Å². The predicted octanol–water partition coefficient (Wildman–Crippen LogP) is 17.9. The molecule has 10 aromatic carbocycles. The number of furan rings is 1. The fourth-order valence-corrected chi connectivity index (χ4v) is 10.4. The van der Waals surface area contributed by atoms with Gasteiger partial charge in [-0.15, -0.1) is 11.3 Å². The minimum Gasteiger partial charge on any atom is -0.456 e. The Morgan fingerprint density at radius 2 is 0.875 bits per heavy atom. The fraction of sp³-hybridized carbons (Fsp3) is 0. The zero-order valence-corrected chi connectivity index (χ0v) is 35.6. The highest BCUT2D eigenvalue weighted by molar-refractivity contribution is 7.26. The maximum absolute atomic E-state index is 6.35. The predicted molar refractivity (Wildman–Crippen MR) is 272 cm³/mol. The molecule has 0 N–H and O–H groups in total. The summed E-state index contributed by atoms with van der Waals surface area (Å²) in [7, 11) is 0. The zero-order chi connectivity index (χ0) is 42.4. The molecule has 12 rings (SSSR count). The molecule has 0 amide bonds. The number of benzene rings is 10. The summed E-state index contributed by atoms with van der Waals surface area (Å²) in [6, 6.07) is 87.3. The van der Waals surface area contributed by atoms with Crippen LogP contribution in [0.1, 0.15) is 0 Å². The van der Waals surface area contributed by atoms with Crippen molar-refractivity contribution in [2.45, 2.75) is 0 Å². The number of hydrogen-bond acceptors (Lipinski definition) is 4. The second kappa shape index (κ2) is 15.9. The van der Waals surface area contributed by atoms with E-state index < -0.39 is 0 Å². The molecule has 0 spiro atoms. The van der Waals surface area contributed by atoms with Crippen LogP contribution in [-0.4, -0.2) is 0 Å². The molecule has 0 saturated heterocycles. The molecule has 0 fully saturated rings. The van der Waals surface area contributed by atoms with Gasteiger partial charge in [0.15, 0.2) is 0 Å². The molecule has 0 atom stereocenters. The van der Waals surface area contributed by atoms with Gasteiger partial charge >= 0.3 is 0 Å². The van der Waals surface area contributed by atoms with Crippen LogP contribution >= 0.6 is 11.3 Å². The van der Waals surface area contributed by atoms with Crippen LogP contribution in [0, 0.1) is 0 Å². The number of thiophene rings is 1. The molecule has 0 saturated carbocycles. The summed E-state index contributed by atoms with van der Waals surface area (Å²) in [5, 5.41) is 4.72. The number of nitrogens with zero attached hydrogens (tertiary/aromatic N) is 2. The van der Waals surface area contributed by atoms with E-state index in [0.717, 1.165) is 78.3 Å². The van der Waals surface area contributed by atoms with Crippen molar-refractivity contribution in [2.75, 3.05) is 9.80 Å². The van der Waals surface area contributed by atoms with Crippen molar-refractivity contribution in [3.63, 3.8) is 0 Å². The molecule has 64 heavy (non-hydrogen) atoms. The number of rotatable bonds is 9. The number of anilines is 6. The smallest absolute Gasteiger partial charge is 0.135 e. The van der Waals surface area contributed by atoms with Gasteiger partial charge in [0.1, 0.15) is 11.2 Å². The molecule has 12 aromatic rings. The quantitative estimate of drug-likeness (QED) is 0.144. The first-order valence-electron chi connectivity index (χ1n) is 21.7. The van der Waals surface area contributed by atoms with E-state index in [2.05, 4.69) is 240 Å². The van der Waals surface area contributed by atoms with Gasteiger partial charge in [-0.1, -0.05) is 158 Å². The summed E-state index contributed by atoms with van der Waals surface area (Å²) in [5.41, 5.74) is 15.0. The molecule has 2 heterocycles. The maximum Gasteiger partial charge on any atom is 0.135 e. The molecular formula is C60H40N2OS. The van der Waals surface area contributed by atoms with Crippen LogP contribution < -0.4 is 9.80 Å². The maximum atomic E-state index is 6.35. The van der Waals surface area contributed by atoms with Gasteiger partial charge in [0.05, 0.1) is 16.1 Å². The minimum atomic E-state index is 0.876. The molecule has 0 radical (unpaired) electrons. The lowest BCUT2D eigenvalue weighted by Crippen LogP contribution is -2.14. The van der Waals surface area contributed by atoms with Crippen molar-refractivity contribution in [1.29, 1.82) is 0 Å². The van der Waals surface area contributed by atoms with Crippen molar-refractivity contribution in [1.82, 2.24) is 0 Å². The first-order chi connectivity index (χ1) is 31.7. The average Bonchev–Trinajstić information content (AvgIpc) is 3.94. The first-order valence-corrected chi connectivity index (χ1v) is 22.5. The van der Waals surface area contributed by atoms with Crippen LogP contribution in [0.15, 0.2) is 247 Å². The lowest BCUT2D eigenvalue weighted by molar-refractivity contribution is 0.669. The number of para-hydroxylation sites is 3. The van der Waals surface area contributed by atoms with Crippen LogP contribution in [-0.2, 0) is 0 Å². The molecule has 302 valence electrons. The van der Waals surface area contributed by atoms with Gasteiger partial charge in [-0.2, -0.15) is 0 Å². The summed E-state index contributed by atoms with van der Waals surface area (Å²) < 4.78 is 8.86. The summed E-state index contributed by atoms with van der Waals surface area (Å²) in [6.45, 7) is 0. The summed E-state index contributed by atoms with van der Waals surface area (Å²) in [4.78, 5) is 4.87. The van der Waals surface area contributed by atoms with Crippen molar-refractivity contribution < 1.29 is 4.42 Å². The van der Waals surface area contributed by atoms with Gasteiger partial charge in [-0.25, -0.2) is 0 Å². The molecule has 0 aliphatic heterocycles. The summed E-state index contributed by atoms with van der Waals surface area (Å²) in [5.74, 6) is 0. The van der Waals surface area contributed by atoms with E-state index >= 15 is 0 Å². The zero-order valence-electron chi connectivity index (χ0n) is 34.8. The van der Waals surface area contributed by atoms with E-state index in [9.17, 15) is 0 Å². The Bertz CT molecular complexity index is 3560. The molecule has 4 heteroatoms. The number of fused-ring (bicyclic) bond motifs is 6. The molecule has 2 aromatic heterocycles. The Labute approximate surface area is 376 Å². The van der Waals surface area contributed by atoms with Crippen molar-refractivity contribution >= 4 is 87.6 Å². The number of hydrogen-bond donors (Lipinski definition) is 0. The van der Waals surface area contributed by atoms with Crippen molar-refractivity contribution in [3.8, 4) is 33.4 Å². The monoisotopic (exact) mass is 836 g/mol. The summed E-state index contributed by atoms with van der Waals surface area (Å²) >= 11 is 1.85. The van der Waals surface area contributed by atoms with Crippen LogP contribution in [0.2, 0.25) is 0 Å². The molecule has 0 aliphatic rings. The molecule has 0 bridgehead atoms. The van der Waals surface area contributed by atoms with Gasteiger partial charge in [-0.3, -0.25) is 0 Å². The van der Waals surface area contributed by atoms with E-state index in [1.165, 1.54) is 31.3 Å². The summed E-state index contributed by atoms with van der Waals surface area (Å²) in [6.07, 6.45) is 0. The molecule has 0 aliphatic carbocycles. The molecule has 3 nitrogen and oxygen atoms in total. The lowest BCUT2D eigenvalue weighted by atomic mass is 9.96. The standard InChI is InChI=1S/C60H40N2OS/c1-5-18-41(19-6-1)44-36-45(42-20-7-2-8-21-42)38-49(37-44)61(46-22-9-3-10-23-46)48-33-34-50(43-32-35-58-54(39-43)51-26-13-15-30-57(51)63-58)56(40-48)62(47-24-11-4-12-25-47)55-29-17-28-53-52-27-14-16-31-59(52)64-60(53)55/h1-40H. The van der Waals surface area contributed by atoms with Crippen LogP contribution in [0.5, 0.6) is 0 Å². The Morgan fingerprint density at radius 3 is 1.58 bits per heavy atom. The third-order valence-corrected chi connectivity index (χ3v) is 13.4. The first kappa shape index (κ1) is 37.6. The Morgan fingerprint density at radius 1 is 0.297 bits per heavy atom. The highest BCUT2D eigenvalue weighted by atomic mass is 32.1. The lowest BCUT2D eigenvalue weighted by Gasteiger charge is -2.32. The third-order valence-electron chi connectivity index (χ3n) is 12.2. The van der Waals surface area contributed by atoms with Gasteiger partial charge in [0.2, 0.25) is 0 Å². The van der Waals surface area contributed by atoms with E-state index in [1.807, 2.05) is 23.5 Å².